The van der Waals surface area contributed by atoms with Crippen LogP contribution in [0.15, 0.2) is 6.20 Å². The van der Waals surface area contributed by atoms with Gasteiger partial charge in [0, 0.05) is 13.3 Å². The van der Waals surface area contributed by atoms with E-state index in [1.165, 1.54) is 4.78 Å². The van der Waals surface area contributed by atoms with Gasteiger partial charge in [0.2, 0.25) is 0 Å². The van der Waals surface area contributed by atoms with Crippen LogP contribution in [-0.2, 0) is 10.3 Å². The lowest BCUT2D eigenvalue weighted by Crippen LogP contribution is -2.18. The van der Waals surface area contributed by atoms with Gasteiger partial charge in [-0.2, -0.15) is 0 Å². The Morgan fingerprint density at radius 2 is 2.27 bits per heavy atom. The van der Waals surface area contributed by atoms with Crippen LogP contribution >= 0.6 is 11.3 Å². The van der Waals surface area contributed by atoms with Gasteiger partial charge in [0.05, 0.1) is 0 Å². The lowest BCUT2D eigenvalue weighted by molar-refractivity contribution is 0.0190. The van der Waals surface area contributed by atoms with Crippen molar-refractivity contribution in [1.29, 1.82) is 0 Å². The van der Waals surface area contributed by atoms with Crippen LogP contribution in [0.25, 0.3) is 0 Å². The number of ether oxygens (including phenoxy) is 1. The summed E-state index contributed by atoms with van der Waals surface area (Å²) >= 11 is 1.68. The van der Waals surface area contributed by atoms with E-state index in [-0.39, 0.29) is 5.60 Å². The summed E-state index contributed by atoms with van der Waals surface area (Å²) < 4.78 is 6.51. The topological polar surface area (TPSA) is 22.1 Å². The first-order valence-electron chi connectivity index (χ1n) is 3.54. The van der Waals surface area contributed by atoms with Gasteiger partial charge in [-0.1, -0.05) is 0 Å². The van der Waals surface area contributed by atoms with E-state index in [4.69, 9.17) is 4.74 Å². The smallest absolute Gasteiger partial charge is 0.154 e. The van der Waals surface area contributed by atoms with Crippen molar-refractivity contribution < 1.29 is 4.74 Å². The average Bonchev–Trinajstić information content (AvgIpc) is 2.36. The summed E-state index contributed by atoms with van der Waals surface area (Å²) in [6, 6.07) is 0. The fourth-order valence-corrected chi connectivity index (χ4v) is 1.57. The molecule has 0 atom stereocenters. The Kier molecular flexibility index (Phi) is 2.35. The summed E-state index contributed by atoms with van der Waals surface area (Å²) in [7, 11) is 3.75. The van der Waals surface area contributed by atoms with Gasteiger partial charge in [-0.05, 0) is 18.6 Å². The Morgan fingerprint density at radius 1 is 1.64 bits per heavy atom. The monoisotopic (exact) mass is 169 g/mol. The molecule has 1 aromatic rings. The van der Waals surface area contributed by atoms with E-state index in [1.807, 2.05) is 27.9 Å². The van der Waals surface area contributed by atoms with Crippen LogP contribution in [0.4, 0.5) is 0 Å². The average molecular weight is 169 g/mol. The molecular formula is C7H12BNOS. The highest BCUT2D eigenvalue weighted by Gasteiger charge is 2.22. The number of nitrogens with zero attached hydrogens (tertiary/aromatic N) is 1. The Bertz CT molecular complexity index is 246. The minimum atomic E-state index is -0.237. The van der Waals surface area contributed by atoms with Gasteiger partial charge < -0.3 is 4.74 Å². The van der Waals surface area contributed by atoms with E-state index in [1.54, 1.807) is 18.4 Å². The summed E-state index contributed by atoms with van der Waals surface area (Å²) in [5, 5.41) is 1.04. The van der Waals surface area contributed by atoms with Crippen LogP contribution in [0.3, 0.4) is 0 Å². The molecule has 0 fully saturated rings. The summed E-state index contributed by atoms with van der Waals surface area (Å²) in [5.74, 6) is 0. The minimum absolute atomic E-state index is 0.237. The van der Waals surface area contributed by atoms with Crippen LogP contribution in [0.2, 0.25) is 0 Å². The second kappa shape index (κ2) is 2.95. The molecule has 0 aliphatic heterocycles. The molecule has 1 aromatic heterocycles. The van der Waals surface area contributed by atoms with Gasteiger partial charge >= 0.3 is 0 Å². The molecule has 4 heteroatoms. The van der Waals surface area contributed by atoms with E-state index in [2.05, 4.69) is 4.98 Å². The Hall–Kier alpha value is -0.345. The zero-order valence-electron chi connectivity index (χ0n) is 7.34. The molecule has 60 valence electrons. The third-order valence-electron chi connectivity index (χ3n) is 1.65. The normalized spacial score (nSPS) is 11.9. The fraction of sp³-hybridized carbons (Fsp3) is 0.571. The van der Waals surface area contributed by atoms with Crippen molar-refractivity contribution >= 4 is 24.0 Å². The summed E-state index contributed by atoms with van der Waals surface area (Å²) in [4.78, 5) is 4.25. The van der Waals surface area contributed by atoms with Crippen molar-refractivity contribution in [2.45, 2.75) is 19.4 Å². The van der Waals surface area contributed by atoms with E-state index in [0.717, 1.165) is 5.01 Å². The first kappa shape index (κ1) is 8.75. The maximum Gasteiger partial charge on any atom is 0.154 e. The molecule has 0 amide bonds. The molecule has 0 aliphatic rings. The SMILES string of the molecule is Bc1cnc(C(C)(C)OC)s1. The van der Waals surface area contributed by atoms with Crippen LogP contribution < -0.4 is 4.78 Å². The lowest BCUT2D eigenvalue weighted by Gasteiger charge is -2.19. The highest BCUT2D eigenvalue weighted by molar-refractivity contribution is 7.19. The van der Waals surface area contributed by atoms with Crippen molar-refractivity contribution in [1.82, 2.24) is 4.98 Å². The zero-order chi connectivity index (χ0) is 8.48. The van der Waals surface area contributed by atoms with Gasteiger partial charge in [-0.3, -0.25) is 0 Å². The summed E-state index contributed by atoms with van der Waals surface area (Å²) in [6.07, 6.45) is 1.88. The molecule has 2 nitrogen and oxygen atoms in total. The van der Waals surface area contributed by atoms with Gasteiger partial charge in [-0.25, -0.2) is 4.98 Å². The fourth-order valence-electron chi connectivity index (χ4n) is 0.720. The highest BCUT2D eigenvalue weighted by atomic mass is 32.1. The highest BCUT2D eigenvalue weighted by Crippen LogP contribution is 2.23. The van der Waals surface area contributed by atoms with Gasteiger partial charge in [-0.15, -0.1) is 11.3 Å². The number of rotatable bonds is 2. The minimum Gasteiger partial charge on any atom is -0.372 e. The molecule has 1 heterocycles. The van der Waals surface area contributed by atoms with Crippen molar-refractivity contribution in [2.75, 3.05) is 7.11 Å². The number of hydrogen-bond donors (Lipinski definition) is 0. The molecule has 0 N–H and O–H groups in total. The maximum atomic E-state index is 5.28. The number of methoxy groups -OCH3 is 1. The molecule has 0 aromatic carbocycles. The third kappa shape index (κ3) is 1.82. The van der Waals surface area contributed by atoms with Gasteiger partial charge in [0.1, 0.15) is 10.6 Å². The van der Waals surface area contributed by atoms with E-state index >= 15 is 0 Å². The molecule has 0 saturated heterocycles. The van der Waals surface area contributed by atoms with Crippen molar-refractivity contribution in [2.24, 2.45) is 0 Å². The molecule has 0 radical (unpaired) electrons. The molecule has 0 unspecified atom stereocenters. The standard InChI is InChI=1S/C7H12BNOS/c1-7(2,10-3)6-9-4-5(8)11-6/h4H,8H2,1-3H3. The first-order valence-corrected chi connectivity index (χ1v) is 4.36. The predicted molar refractivity (Wildman–Crippen MR) is 50.3 cm³/mol. The van der Waals surface area contributed by atoms with E-state index < -0.39 is 0 Å². The molecule has 0 bridgehead atoms. The Labute approximate surface area is 72.0 Å². The van der Waals surface area contributed by atoms with Crippen LogP contribution in [0, 0.1) is 0 Å². The summed E-state index contributed by atoms with van der Waals surface area (Å²) in [5.41, 5.74) is -0.237. The number of aromatic nitrogens is 1. The van der Waals surface area contributed by atoms with Crippen molar-refractivity contribution in [3.8, 4) is 0 Å². The van der Waals surface area contributed by atoms with Crippen LogP contribution in [0.1, 0.15) is 18.9 Å². The maximum absolute atomic E-state index is 5.28. The lowest BCUT2D eigenvalue weighted by atomic mass is 10.1. The second-order valence-corrected chi connectivity index (χ2v) is 4.23. The molecule has 1 rings (SSSR count). The van der Waals surface area contributed by atoms with Crippen LogP contribution in [-0.4, -0.2) is 19.9 Å². The van der Waals surface area contributed by atoms with Gasteiger partial charge in [0.25, 0.3) is 0 Å². The first-order chi connectivity index (χ1) is 5.06. The largest absolute Gasteiger partial charge is 0.372 e. The van der Waals surface area contributed by atoms with Gasteiger partial charge in [0.15, 0.2) is 7.85 Å². The molecule has 0 spiro atoms. The third-order valence-corrected chi connectivity index (χ3v) is 2.86. The number of hydrogen-bond acceptors (Lipinski definition) is 3. The Balaban J connectivity index is 2.92. The molecular weight excluding hydrogens is 157 g/mol. The van der Waals surface area contributed by atoms with Crippen molar-refractivity contribution in [3.63, 3.8) is 0 Å². The molecule has 11 heavy (non-hydrogen) atoms. The zero-order valence-corrected chi connectivity index (χ0v) is 8.16. The predicted octanol–water partition coefficient (Wildman–Crippen LogP) is 0.283. The summed E-state index contributed by atoms with van der Waals surface area (Å²) in [6.45, 7) is 4.04. The van der Waals surface area contributed by atoms with Crippen molar-refractivity contribution in [3.05, 3.63) is 11.2 Å². The second-order valence-electron chi connectivity index (χ2n) is 2.99. The Morgan fingerprint density at radius 3 is 2.64 bits per heavy atom. The number of thiazole rings is 1. The van der Waals surface area contributed by atoms with Crippen LogP contribution in [0.5, 0.6) is 0 Å². The molecule has 0 saturated carbocycles. The molecule has 0 aliphatic carbocycles. The van der Waals surface area contributed by atoms with E-state index in [9.17, 15) is 0 Å². The van der Waals surface area contributed by atoms with E-state index in [0.29, 0.717) is 0 Å². The quantitative estimate of drug-likeness (QED) is 0.593.